The fraction of sp³-hybridized carbons (Fsp3) is 0.195. The van der Waals surface area contributed by atoms with Gasteiger partial charge in [0.15, 0.2) is 17.2 Å². The van der Waals surface area contributed by atoms with Gasteiger partial charge in [-0.15, -0.1) is 0 Å². The number of carbonyl (C=O) groups is 3. The summed E-state index contributed by atoms with van der Waals surface area (Å²) in [5.41, 5.74) is 2.66. The van der Waals surface area contributed by atoms with Crippen molar-refractivity contribution in [2.75, 3.05) is 20.3 Å². The molecule has 0 spiro atoms. The first-order valence-electron chi connectivity index (χ1n) is 16.7. The summed E-state index contributed by atoms with van der Waals surface area (Å²) in [4.78, 5) is 45.8. The van der Waals surface area contributed by atoms with Crippen LogP contribution in [0.1, 0.15) is 52.7 Å². The molecule has 0 radical (unpaired) electrons. The van der Waals surface area contributed by atoms with Gasteiger partial charge in [-0.1, -0.05) is 25.3 Å². The molecule has 0 fully saturated rings. The van der Waals surface area contributed by atoms with E-state index in [1.54, 1.807) is 103 Å². The number of nitrogens with zero attached hydrogens (tertiary/aromatic N) is 2. The van der Waals surface area contributed by atoms with E-state index in [1.807, 2.05) is 0 Å². The summed E-state index contributed by atoms with van der Waals surface area (Å²) in [7, 11) is 1.48. The molecule has 4 aromatic carbocycles. The van der Waals surface area contributed by atoms with E-state index < -0.39 is 17.9 Å². The molecule has 0 aliphatic carbocycles. The first-order valence-corrected chi connectivity index (χ1v) is 16.7. The minimum Gasteiger partial charge on any atom is -0.494 e. The molecule has 0 heterocycles. The van der Waals surface area contributed by atoms with Crippen LogP contribution in [0.5, 0.6) is 28.7 Å². The topological polar surface area (TPSA) is 141 Å². The molecule has 274 valence electrons. The van der Waals surface area contributed by atoms with Gasteiger partial charge in [-0.2, -0.15) is 15.1 Å². The van der Waals surface area contributed by atoms with Crippen LogP contribution >= 0.6 is 0 Å². The molecule has 4 aromatic rings. The maximum absolute atomic E-state index is 12.8. The lowest BCUT2D eigenvalue weighted by Gasteiger charge is -2.10. The normalized spacial score (nSPS) is 10.8. The summed E-state index contributed by atoms with van der Waals surface area (Å²) in [5.74, 6) is 0.697. The average Bonchev–Trinajstić information content (AvgIpc) is 3.19. The maximum atomic E-state index is 12.8. The van der Waals surface area contributed by atoms with Crippen LogP contribution in [0.4, 0.5) is 0 Å². The molecular weight excluding hydrogens is 680 g/mol. The smallest absolute Gasteiger partial charge is 0.343 e. The monoisotopic (exact) mass is 720 g/mol. The average molecular weight is 721 g/mol. The molecule has 0 amide bonds. The predicted molar refractivity (Wildman–Crippen MR) is 199 cm³/mol. The van der Waals surface area contributed by atoms with Crippen LogP contribution in [0, 0.1) is 0 Å². The van der Waals surface area contributed by atoms with Crippen LogP contribution in [0.2, 0.25) is 0 Å². The van der Waals surface area contributed by atoms with Crippen molar-refractivity contribution in [1.29, 1.82) is 0 Å². The summed E-state index contributed by atoms with van der Waals surface area (Å²) in [6.07, 6.45) is 8.89. The van der Waals surface area contributed by atoms with Gasteiger partial charge in [0.25, 0.3) is 0 Å². The van der Waals surface area contributed by atoms with E-state index in [1.165, 1.54) is 7.11 Å². The van der Waals surface area contributed by atoms with Crippen molar-refractivity contribution in [3.63, 3.8) is 0 Å². The third-order valence-corrected chi connectivity index (χ3v) is 7.25. The third kappa shape index (κ3) is 14.0. The Morgan fingerprint density at radius 2 is 1.26 bits per heavy atom. The van der Waals surface area contributed by atoms with Crippen LogP contribution in [-0.2, 0) is 25.8 Å². The van der Waals surface area contributed by atoms with Crippen molar-refractivity contribution in [3.05, 3.63) is 139 Å². The van der Waals surface area contributed by atoms with Crippen LogP contribution in [0.3, 0.4) is 0 Å². The van der Waals surface area contributed by atoms with Crippen molar-refractivity contribution in [1.82, 2.24) is 0 Å². The first-order chi connectivity index (χ1) is 25.9. The third-order valence-electron chi connectivity index (χ3n) is 7.25. The lowest BCUT2D eigenvalue weighted by atomic mass is 10.2. The second-order valence-electron chi connectivity index (χ2n) is 11.1. The maximum Gasteiger partial charge on any atom is 0.343 e. The number of methoxy groups -OCH3 is 1. The summed E-state index contributed by atoms with van der Waals surface area (Å²) >= 11 is 0. The van der Waals surface area contributed by atoms with Crippen molar-refractivity contribution in [3.8, 4) is 28.7 Å². The molecule has 0 aliphatic heterocycles. The molecule has 53 heavy (non-hydrogen) atoms. The van der Waals surface area contributed by atoms with E-state index in [9.17, 15) is 14.4 Å². The molecule has 12 nitrogen and oxygen atoms in total. The SMILES string of the molecule is C=CC(=O)OCCCCCCOc1ccc(C(=O)Oc2ccc(/C=N/N=C/c3ccc(OOCc4ccc(OC(=O)C=C)cc4)cc3)cc2OC)cc1. The Kier molecular flexibility index (Phi) is 16.0. The van der Waals surface area contributed by atoms with Gasteiger partial charge in [0, 0.05) is 12.2 Å². The Balaban J connectivity index is 1.17. The van der Waals surface area contributed by atoms with Gasteiger partial charge in [-0.3, -0.25) is 0 Å². The zero-order valence-corrected chi connectivity index (χ0v) is 29.3. The molecule has 0 aromatic heterocycles. The Bertz CT molecular complexity index is 1870. The van der Waals surface area contributed by atoms with Gasteiger partial charge in [0.2, 0.25) is 0 Å². The number of hydrogen-bond donors (Lipinski definition) is 0. The van der Waals surface area contributed by atoms with Crippen molar-refractivity contribution in [2.45, 2.75) is 32.3 Å². The van der Waals surface area contributed by atoms with Gasteiger partial charge in [0.1, 0.15) is 18.1 Å². The number of unbranched alkanes of at least 4 members (excludes halogenated alkanes) is 3. The molecule has 4 rings (SSSR count). The number of benzene rings is 4. The van der Waals surface area contributed by atoms with Gasteiger partial charge in [0.05, 0.1) is 38.3 Å². The fourth-order valence-corrected chi connectivity index (χ4v) is 4.46. The van der Waals surface area contributed by atoms with Gasteiger partial charge < -0.3 is 28.6 Å². The van der Waals surface area contributed by atoms with Gasteiger partial charge in [-0.05, 0) is 121 Å². The highest BCUT2D eigenvalue weighted by molar-refractivity contribution is 5.92. The fourth-order valence-electron chi connectivity index (χ4n) is 4.46. The minimum absolute atomic E-state index is 0.190. The zero-order valence-electron chi connectivity index (χ0n) is 29.3. The molecule has 0 aliphatic rings. The number of ether oxygens (including phenoxy) is 5. The minimum atomic E-state index is -0.541. The van der Waals surface area contributed by atoms with Crippen molar-refractivity contribution < 1.29 is 47.8 Å². The number of rotatable bonds is 21. The molecule has 0 N–H and O–H groups in total. The Labute approximate surface area is 307 Å². The van der Waals surface area contributed by atoms with Crippen LogP contribution < -0.4 is 23.8 Å². The highest BCUT2D eigenvalue weighted by Crippen LogP contribution is 2.29. The first kappa shape index (κ1) is 39.3. The second kappa shape index (κ2) is 21.6. The lowest BCUT2D eigenvalue weighted by molar-refractivity contribution is -0.217. The van der Waals surface area contributed by atoms with Gasteiger partial charge in [-0.25, -0.2) is 14.4 Å². The zero-order chi connectivity index (χ0) is 37.7. The molecule has 0 atom stereocenters. The molecule has 0 saturated heterocycles. The van der Waals surface area contributed by atoms with Crippen LogP contribution in [-0.4, -0.2) is 50.7 Å². The van der Waals surface area contributed by atoms with E-state index in [-0.39, 0.29) is 12.4 Å². The Hall–Kier alpha value is -6.53. The van der Waals surface area contributed by atoms with Crippen LogP contribution in [0.25, 0.3) is 0 Å². The molecule has 12 heteroatoms. The highest BCUT2D eigenvalue weighted by atomic mass is 17.2. The summed E-state index contributed by atoms with van der Waals surface area (Å²) in [6, 6.07) is 25.6. The number of esters is 3. The highest BCUT2D eigenvalue weighted by Gasteiger charge is 2.13. The Morgan fingerprint density at radius 3 is 1.94 bits per heavy atom. The van der Waals surface area contributed by atoms with Crippen LogP contribution in [0.15, 0.2) is 127 Å². The van der Waals surface area contributed by atoms with E-state index in [0.29, 0.717) is 47.3 Å². The second-order valence-corrected chi connectivity index (χ2v) is 11.1. The quantitative estimate of drug-likeness (QED) is 0.0160. The van der Waals surface area contributed by atoms with E-state index >= 15 is 0 Å². The standard InChI is InChI=1S/C41H40N2O10/c1-4-39(44)49-25-9-7-6-8-24-48-34-21-15-33(16-22-34)41(46)52-37-23-14-32(26-38(37)47-3)28-43-42-27-30-10-19-36(20-11-30)53-50-29-31-12-17-35(18-13-31)51-40(45)5-2/h4-5,10-23,26-28H,1-2,6-9,24-25,29H2,3H3/b42-27+,43-28+. The summed E-state index contributed by atoms with van der Waals surface area (Å²) < 4.78 is 26.8. The lowest BCUT2D eigenvalue weighted by Crippen LogP contribution is -2.09. The number of carbonyl (C=O) groups excluding carboxylic acids is 3. The summed E-state index contributed by atoms with van der Waals surface area (Å²) in [6.45, 7) is 7.84. The predicted octanol–water partition coefficient (Wildman–Crippen LogP) is 7.64. The molecular formula is C41H40N2O10. The molecule has 0 saturated carbocycles. The summed E-state index contributed by atoms with van der Waals surface area (Å²) in [5, 5.41) is 8.20. The van der Waals surface area contributed by atoms with Gasteiger partial charge >= 0.3 is 17.9 Å². The molecule has 0 unspecified atom stereocenters. The largest absolute Gasteiger partial charge is 0.494 e. The van der Waals surface area contributed by atoms with E-state index in [4.69, 9.17) is 33.5 Å². The van der Waals surface area contributed by atoms with Crippen molar-refractivity contribution in [2.24, 2.45) is 10.2 Å². The van der Waals surface area contributed by atoms with Crippen molar-refractivity contribution >= 4 is 30.3 Å². The van der Waals surface area contributed by atoms with E-state index in [2.05, 4.69) is 23.4 Å². The number of hydrogen-bond acceptors (Lipinski definition) is 12. The van der Waals surface area contributed by atoms with E-state index in [0.717, 1.165) is 49.0 Å². The molecule has 0 bridgehead atoms. The Morgan fingerprint density at radius 1 is 0.642 bits per heavy atom.